The van der Waals surface area contributed by atoms with Crippen molar-refractivity contribution in [3.8, 4) is 6.07 Å². The largest absolute Gasteiger partial charge is 0.253 e. The zero-order valence-corrected chi connectivity index (χ0v) is 11.9. The minimum absolute atomic E-state index is 0.607. The normalized spacial score (nSPS) is 10.5. The van der Waals surface area contributed by atoms with Crippen molar-refractivity contribution in [2.24, 2.45) is 5.10 Å². The molecule has 1 N–H and O–H groups in total. The number of nitriles is 1. The molecule has 18 heavy (non-hydrogen) atoms. The van der Waals surface area contributed by atoms with Crippen LogP contribution in [0.3, 0.4) is 0 Å². The van der Waals surface area contributed by atoms with Crippen LogP contribution in [0, 0.1) is 18.3 Å². The van der Waals surface area contributed by atoms with Crippen molar-refractivity contribution in [1.29, 1.82) is 5.26 Å². The number of halogens is 1. The van der Waals surface area contributed by atoms with Crippen LogP contribution >= 0.6 is 27.3 Å². The van der Waals surface area contributed by atoms with Crippen LogP contribution in [0.25, 0.3) is 0 Å². The highest BCUT2D eigenvalue weighted by Gasteiger charge is 1.99. The molecule has 2 aromatic rings. The van der Waals surface area contributed by atoms with Crippen molar-refractivity contribution in [2.45, 2.75) is 6.92 Å². The van der Waals surface area contributed by atoms with Crippen LogP contribution in [-0.2, 0) is 0 Å². The van der Waals surface area contributed by atoms with E-state index in [0.717, 1.165) is 20.9 Å². The SMILES string of the molecule is Cc1csc(NN=Cc2ccc(C#N)c(Br)c2)n1. The lowest BCUT2D eigenvalue weighted by atomic mass is 10.2. The molecule has 90 valence electrons. The van der Waals surface area contributed by atoms with Crippen molar-refractivity contribution in [3.63, 3.8) is 0 Å². The number of thiazole rings is 1. The Hall–Kier alpha value is -1.71. The zero-order valence-electron chi connectivity index (χ0n) is 9.51. The van der Waals surface area contributed by atoms with Gasteiger partial charge in [0.15, 0.2) is 0 Å². The number of aryl methyl sites for hydroxylation is 1. The van der Waals surface area contributed by atoms with Gasteiger partial charge in [-0.25, -0.2) is 4.98 Å². The summed E-state index contributed by atoms with van der Waals surface area (Å²) < 4.78 is 0.763. The second-order valence-corrected chi connectivity index (χ2v) is 5.23. The van der Waals surface area contributed by atoms with E-state index in [1.165, 1.54) is 11.3 Å². The van der Waals surface area contributed by atoms with Crippen LogP contribution in [0.15, 0.2) is 33.2 Å². The average Bonchev–Trinajstić information content (AvgIpc) is 2.75. The molecule has 6 heteroatoms. The highest BCUT2D eigenvalue weighted by atomic mass is 79.9. The Kier molecular flexibility index (Phi) is 4.07. The molecule has 2 rings (SSSR count). The lowest BCUT2D eigenvalue weighted by Gasteiger charge is -1.97. The minimum Gasteiger partial charge on any atom is -0.253 e. The van der Waals surface area contributed by atoms with Crippen molar-refractivity contribution >= 4 is 38.6 Å². The predicted octanol–water partition coefficient (Wildman–Crippen LogP) is 3.53. The standard InChI is InChI=1S/C12H9BrN4S/c1-8-7-18-12(16-8)17-15-6-9-2-3-10(5-14)11(13)4-9/h2-4,6-7H,1H3,(H,16,17). The van der Waals surface area contributed by atoms with Gasteiger partial charge in [0.25, 0.3) is 0 Å². The van der Waals surface area contributed by atoms with E-state index >= 15 is 0 Å². The Morgan fingerprint density at radius 1 is 1.56 bits per heavy atom. The second-order valence-electron chi connectivity index (χ2n) is 3.52. The number of rotatable bonds is 3. The summed E-state index contributed by atoms with van der Waals surface area (Å²) in [4.78, 5) is 4.23. The molecule has 0 aliphatic heterocycles. The number of hydrogen-bond donors (Lipinski definition) is 1. The van der Waals surface area contributed by atoms with Gasteiger partial charge in [0.1, 0.15) is 6.07 Å². The lowest BCUT2D eigenvalue weighted by molar-refractivity contribution is 1.22. The second kappa shape index (κ2) is 5.76. The molecule has 4 nitrogen and oxygen atoms in total. The summed E-state index contributed by atoms with van der Waals surface area (Å²) in [5, 5.41) is 15.6. The molecule has 0 atom stereocenters. The topological polar surface area (TPSA) is 61.1 Å². The molecule has 0 aliphatic carbocycles. The molecular formula is C12H9BrN4S. The molecule has 1 aromatic carbocycles. The quantitative estimate of drug-likeness (QED) is 0.695. The maximum atomic E-state index is 8.80. The van der Waals surface area contributed by atoms with Crippen LogP contribution in [0.4, 0.5) is 5.13 Å². The van der Waals surface area contributed by atoms with Gasteiger partial charge in [0, 0.05) is 9.85 Å². The van der Waals surface area contributed by atoms with E-state index in [0.29, 0.717) is 5.56 Å². The van der Waals surface area contributed by atoms with Crippen molar-refractivity contribution in [1.82, 2.24) is 4.98 Å². The van der Waals surface area contributed by atoms with Crippen molar-refractivity contribution in [3.05, 3.63) is 44.9 Å². The first kappa shape index (κ1) is 12.7. The van der Waals surface area contributed by atoms with E-state index in [1.54, 1.807) is 12.3 Å². The Balaban J connectivity index is 2.05. The fourth-order valence-electron chi connectivity index (χ4n) is 1.27. The summed E-state index contributed by atoms with van der Waals surface area (Å²) in [6, 6.07) is 7.52. The molecule has 0 saturated carbocycles. The third-order valence-corrected chi connectivity index (χ3v) is 3.63. The van der Waals surface area contributed by atoms with Gasteiger partial charge in [0.05, 0.1) is 17.5 Å². The number of nitrogens with zero attached hydrogens (tertiary/aromatic N) is 3. The van der Waals surface area contributed by atoms with E-state index in [-0.39, 0.29) is 0 Å². The molecule has 0 aliphatic rings. The third-order valence-electron chi connectivity index (χ3n) is 2.11. The van der Waals surface area contributed by atoms with E-state index in [2.05, 4.69) is 37.5 Å². The van der Waals surface area contributed by atoms with Gasteiger partial charge < -0.3 is 0 Å². The number of benzene rings is 1. The molecule has 0 radical (unpaired) electrons. The summed E-state index contributed by atoms with van der Waals surface area (Å²) in [5.74, 6) is 0. The lowest BCUT2D eigenvalue weighted by Crippen LogP contribution is -1.90. The molecule has 0 bridgehead atoms. The minimum atomic E-state index is 0.607. The molecule has 1 heterocycles. The summed E-state index contributed by atoms with van der Waals surface area (Å²) in [5.41, 5.74) is 5.34. The van der Waals surface area contributed by atoms with Gasteiger partial charge in [0.2, 0.25) is 5.13 Å². The van der Waals surface area contributed by atoms with Gasteiger partial charge in [-0.05, 0) is 40.5 Å². The average molecular weight is 321 g/mol. The van der Waals surface area contributed by atoms with E-state index < -0.39 is 0 Å². The summed E-state index contributed by atoms with van der Waals surface area (Å²) >= 11 is 4.84. The Morgan fingerprint density at radius 3 is 3.00 bits per heavy atom. The number of hydrazone groups is 1. The Morgan fingerprint density at radius 2 is 2.39 bits per heavy atom. The number of nitrogens with one attached hydrogen (secondary N) is 1. The third kappa shape index (κ3) is 3.15. The molecule has 0 saturated heterocycles. The molecule has 0 unspecified atom stereocenters. The first-order valence-electron chi connectivity index (χ1n) is 5.10. The van der Waals surface area contributed by atoms with Crippen molar-refractivity contribution < 1.29 is 0 Å². The van der Waals surface area contributed by atoms with Crippen LogP contribution < -0.4 is 5.43 Å². The fourth-order valence-corrected chi connectivity index (χ4v) is 2.39. The van der Waals surface area contributed by atoms with Crippen LogP contribution in [0.2, 0.25) is 0 Å². The number of anilines is 1. The highest BCUT2D eigenvalue weighted by Crippen LogP contribution is 2.17. The molecule has 1 aromatic heterocycles. The van der Waals surface area contributed by atoms with Crippen LogP contribution in [-0.4, -0.2) is 11.2 Å². The van der Waals surface area contributed by atoms with Gasteiger partial charge >= 0.3 is 0 Å². The molecule has 0 spiro atoms. The van der Waals surface area contributed by atoms with Gasteiger partial charge in [-0.15, -0.1) is 11.3 Å². The predicted molar refractivity (Wildman–Crippen MR) is 76.9 cm³/mol. The number of aromatic nitrogens is 1. The molecular weight excluding hydrogens is 312 g/mol. The maximum absolute atomic E-state index is 8.80. The smallest absolute Gasteiger partial charge is 0.203 e. The van der Waals surface area contributed by atoms with E-state index in [9.17, 15) is 0 Å². The van der Waals surface area contributed by atoms with Crippen molar-refractivity contribution in [2.75, 3.05) is 5.43 Å². The summed E-state index contributed by atoms with van der Waals surface area (Å²) in [7, 11) is 0. The Labute approximate surface area is 117 Å². The monoisotopic (exact) mass is 320 g/mol. The van der Waals surface area contributed by atoms with Gasteiger partial charge in [-0.3, -0.25) is 5.43 Å². The fraction of sp³-hybridized carbons (Fsp3) is 0.0833. The summed E-state index contributed by atoms with van der Waals surface area (Å²) in [6.07, 6.45) is 1.68. The summed E-state index contributed by atoms with van der Waals surface area (Å²) in [6.45, 7) is 1.93. The Bertz CT molecular complexity index is 627. The maximum Gasteiger partial charge on any atom is 0.203 e. The van der Waals surface area contributed by atoms with Gasteiger partial charge in [-0.2, -0.15) is 10.4 Å². The number of hydrogen-bond acceptors (Lipinski definition) is 5. The molecule has 0 fully saturated rings. The van der Waals surface area contributed by atoms with E-state index in [4.69, 9.17) is 5.26 Å². The van der Waals surface area contributed by atoms with E-state index in [1.807, 2.05) is 24.4 Å². The van der Waals surface area contributed by atoms with Gasteiger partial charge in [-0.1, -0.05) is 6.07 Å². The zero-order chi connectivity index (χ0) is 13.0. The molecule has 0 amide bonds. The first-order valence-corrected chi connectivity index (χ1v) is 6.77. The van der Waals surface area contributed by atoms with Crippen LogP contribution in [0.5, 0.6) is 0 Å². The van der Waals surface area contributed by atoms with Crippen LogP contribution in [0.1, 0.15) is 16.8 Å². The first-order chi connectivity index (χ1) is 8.69. The highest BCUT2D eigenvalue weighted by molar-refractivity contribution is 9.10.